The number of nitrogens with zero attached hydrogens (tertiary/aromatic N) is 2. The Morgan fingerprint density at radius 3 is 2.86 bits per heavy atom. The van der Waals surface area contributed by atoms with Gasteiger partial charge in [0.15, 0.2) is 5.82 Å². The van der Waals surface area contributed by atoms with Gasteiger partial charge in [0, 0.05) is 18.9 Å². The van der Waals surface area contributed by atoms with Crippen molar-refractivity contribution in [2.24, 2.45) is 5.92 Å². The Kier molecular flexibility index (Phi) is 4.34. The van der Waals surface area contributed by atoms with Crippen molar-refractivity contribution in [3.8, 4) is 0 Å². The molecule has 1 N–H and O–H groups in total. The highest BCUT2D eigenvalue weighted by Gasteiger charge is 2.31. The van der Waals surface area contributed by atoms with Gasteiger partial charge in [0.1, 0.15) is 0 Å². The van der Waals surface area contributed by atoms with E-state index in [1.807, 2.05) is 0 Å². The van der Waals surface area contributed by atoms with Crippen LogP contribution in [-0.4, -0.2) is 22.7 Å². The number of aryl methyl sites for hydroxylation is 1. The maximum absolute atomic E-state index is 5.43. The van der Waals surface area contributed by atoms with E-state index in [1.54, 1.807) is 0 Å². The fourth-order valence-electron chi connectivity index (χ4n) is 2.78. The Labute approximate surface area is 126 Å². The molecule has 1 heterocycles. The summed E-state index contributed by atoms with van der Waals surface area (Å²) in [5.41, 5.74) is 2.53. The van der Waals surface area contributed by atoms with Crippen molar-refractivity contribution in [2.45, 2.75) is 45.6 Å². The lowest BCUT2D eigenvalue weighted by atomic mass is 10.1. The normalized spacial score (nSPS) is 16.1. The molecule has 1 atom stereocenters. The van der Waals surface area contributed by atoms with Gasteiger partial charge in [-0.05, 0) is 43.4 Å². The van der Waals surface area contributed by atoms with E-state index in [1.165, 1.54) is 24.0 Å². The Morgan fingerprint density at radius 2 is 2.14 bits per heavy atom. The topological polar surface area (TPSA) is 51.0 Å². The molecule has 0 bridgehead atoms. The van der Waals surface area contributed by atoms with Crippen LogP contribution in [0.1, 0.15) is 42.6 Å². The predicted octanol–water partition coefficient (Wildman–Crippen LogP) is 2.90. The van der Waals surface area contributed by atoms with Crippen molar-refractivity contribution in [3.63, 3.8) is 0 Å². The summed E-state index contributed by atoms with van der Waals surface area (Å²) in [4.78, 5) is 4.56. The molecule has 3 rings (SSSR count). The first-order valence-corrected chi connectivity index (χ1v) is 7.85. The fraction of sp³-hybridized carbons (Fsp3) is 0.529. The summed E-state index contributed by atoms with van der Waals surface area (Å²) in [5, 5.41) is 7.66. The molecule has 0 saturated heterocycles. The van der Waals surface area contributed by atoms with Crippen molar-refractivity contribution >= 4 is 0 Å². The van der Waals surface area contributed by atoms with E-state index in [-0.39, 0.29) is 0 Å². The smallest absolute Gasteiger partial charge is 0.228 e. The van der Waals surface area contributed by atoms with Crippen LogP contribution in [0.2, 0.25) is 0 Å². The van der Waals surface area contributed by atoms with Crippen LogP contribution in [0.15, 0.2) is 28.8 Å². The summed E-state index contributed by atoms with van der Waals surface area (Å²) in [7, 11) is 0. The fourth-order valence-corrected chi connectivity index (χ4v) is 2.78. The second-order valence-electron chi connectivity index (χ2n) is 5.91. The molecule has 1 aliphatic rings. The van der Waals surface area contributed by atoms with Gasteiger partial charge in [-0.2, -0.15) is 4.98 Å². The standard InChI is InChI=1S/C17H23N3O/c1-3-18-15(13-8-9-13)11-17-19-16(20-21-17)10-14-7-5-4-6-12(14)2/h4-7,13,15,18H,3,8-11H2,1-2H3. The van der Waals surface area contributed by atoms with Crippen molar-refractivity contribution in [2.75, 3.05) is 6.54 Å². The molecule has 112 valence electrons. The molecule has 0 radical (unpaired) electrons. The molecular formula is C17H23N3O. The molecule has 1 saturated carbocycles. The Bertz CT molecular complexity index is 589. The van der Waals surface area contributed by atoms with Gasteiger partial charge < -0.3 is 9.84 Å². The molecule has 1 unspecified atom stereocenters. The number of likely N-dealkylation sites (N-methyl/N-ethyl adjacent to an activating group) is 1. The van der Waals surface area contributed by atoms with Crippen molar-refractivity contribution < 1.29 is 4.52 Å². The third-order valence-electron chi connectivity index (χ3n) is 4.17. The SMILES string of the molecule is CCNC(Cc1nc(Cc2ccccc2C)no1)C1CC1. The number of nitrogens with one attached hydrogen (secondary N) is 1. The zero-order chi connectivity index (χ0) is 14.7. The molecule has 0 amide bonds. The average molecular weight is 285 g/mol. The van der Waals surface area contributed by atoms with E-state index in [4.69, 9.17) is 4.52 Å². The van der Waals surface area contributed by atoms with Crippen LogP contribution in [0.3, 0.4) is 0 Å². The zero-order valence-corrected chi connectivity index (χ0v) is 12.8. The Morgan fingerprint density at radius 1 is 1.33 bits per heavy atom. The van der Waals surface area contributed by atoms with Crippen molar-refractivity contribution in [3.05, 3.63) is 47.1 Å². The molecule has 4 nitrogen and oxygen atoms in total. The van der Waals surface area contributed by atoms with Crippen LogP contribution < -0.4 is 5.32 Å². The van der Waals surface area contributed by atoms with Gasteiger partial charge in [-0.15, -0.1) is 0 Å². The van der Waals surface area contributed by atoms with E-state index in [0.29, 0.717) is 6.04 Å². The van der Waals surface area contributed by atoms with E-state index in [9.17, 15) is 0 Å². The average Bonchev–Trinajstić information content (AvgIpc) is 3.23. The lowest BCUT2D eigenvalue weighted by molar-refractivity contribution is 0.345. The van der Waals surface area contributed by atoms with E-state index < -0.39 is 0 Å². The van der Waals surface area contributed by atoms with Gasteiger partial charge in [0.2, 0.25) is 5.89 Å². The number of hydrogen-bond donors (Lipinski definition) is 1. The van der Waals surface area contributed by atoms with Gasteiger partial charge in [-0.1, -0.05) is 36.3 Å². The molecule has 21 heavy (non-hydrogen) atoms. The third kappa shape index (κ3) is 3.70. The quantitative estimate of drug-likeness (QED) is 0.850. The zero-order valence-electron chi connectivity index (χ0n) is 12.8. The number of rotatable bonds is 7. The maximum Gasteiger partial charge on any atom is 0.228 e. The molecule has 2 aromatic rings. The highest BCUT2D eigenvalue weighted by molar-refractivity contribution is 5.27. The largest absolute Gasteiger partial charge is 0.339 e. The predicted molar refractivity (Wildman–Crippen MR) is 82.2 cm³/mol. The first-order valence-electron chi connectivity index (χ1n) is 7.85. The first kappa shape index (κ1) is 14.3. The molecule has 1 aromatic heterocycles. The Hall–Kier alpha value is -1.68. The second kappa shape index (κ2) is 6.39. The van der Waals surface area contributed by atoms with Crippen LogP contribution in [0.4, 0.5) is 0 Å². The monoisotopic (exact) mass is 285 g/mol. The van der Waals surface area contributed by atoms with Crippen molar-refractivity contribution in [1.82, 2.24) is 15.5 Å². The molecule has 1 aromatic carbocycles. The van der Waals surface area contributed by atoms with E-state index in [0.717, 1.165) is 37.0 Å². The minimum atomic E-state index is 0.488. The lowest BCUT2D eigenvalue weighted by Gasteiger charge is -2.14. The molecule has 0 aliphatic heterocycles. The van der Waals surface area contributed by atoms with Crippen LogP contribution in [0.25, 0.3) is 0 Å². The molecule has 4 heteroatoms. The van der Waals surface area contributed by atoms with Gasteiger partial charge >= 0.3 is 0 Å². The number of hydrogen-bond acceptors (Lipinski definition) is 4. The summed E-state index contributed by atoms with van der Waals surface area (Å²) in [6, 6.07) is 8.83. The number of aromatic nitrogens is 2. The van der Waals surface area contributed by atoms with Crippen molar-refractivity contribution in [1.29, 1.82) is 0 Å². The lowest BCUT2D eigenvalue weighted by Crippen LogP contribution is -2.33. The molecular weight excluding hydrogens is 262 g/mol. The summed E-state index contributed by atoms with van der Waals surface area (Å²) in [6.07, 6.45) is 4.23. The summed E-state index contributed by atoms with van der Waals surface area (Å²) >= 11 is 0. The van der Waals surface area contributed by atoms with Crippen LogP contribution >= 0.6 is 0 Å². The Balaban J connectivity index is 1.64. The highest BCUT2D eigenvalue weighted by Crippen LogP contribution is 2.33. The second-order valence-corrected chi connectivity index (χ2v) is 5.91. The minimum Gasteiger partial charge on any atom is -0.339 e. The van der Waals surface area contributed by atoms with E-state index >= 15 is 0 Å². The van der Waals surface area contributed by atoms with Gasteiger partial charge in [0.05, 0.1) is 0 Å². The first-order chi connectivity index (χ1) is 10.3. The summed E-state index contributed by atoms with van der Waals surface area (Å²) < 4.78 is 5.43. The minimum absolute atomic E-state index is 0.488. The highest BCUT2D eigenvalue weighted by atomic mass is 16.5. The molecule has 0 spiro atoms. The van der Waals surface area contributed by atoms with Crippen LogP contribution in [0, 0.1) is 12.8 Å². The van der Waals surface area contributed by atoms with Gasteiger partial charge in [-0.25, -0.2) is 0 Å². The van der Waals surface area contributed by atoms with Crippen LogP contribution in [-0.2, 0) is 12.8 Å². The molecule has 1 fully saturated rings. The maximum atomic E-state index is 5.43. The van der Waals surface area contributed by atoms with Gasteiger partial charge in [0.25, 0.3) is 0 Å². The summed E-state index contributed by atoms with van der Waals surface area (Å²) in [5.74, 6) is 2.33. The van der Waals surface area contributed by atoms with Crippen LogP contribution in [0.5, 0.6) is 0 Å². The summed E-state index contributed by atoms with van der Waals surface area (Å²) in [6.45, 7) is 5.25. The third-order valence-corrected chi connectivity index (χ3v) is 4.17. The number of benzene rings is 1. The van der Waals surface area contributed by atoms with Gasteiger partial charge in [-0.3, -0.25) is 0 Å². The molecule has 1 aliphatic carbocycles. The van der Waals surface area contributed by atoms with E-state index in [2.05, 4.69) is 53.6 Å².